The van der Waals surface area contributed by atoms with Crippen LogP contribution in [0.25, 0.3) is 0 Å². The summed E-state index contributed by atoms with van der Waals surface area (Å²) in [7, 11) is 1.61. The highest BCUT2D eigenvalue weighted by Gasteiger charge is 2.73. The molecule has 3 amide bonds. The van der Waals surface area contributed by atoms with Crippen molar-refractivity contribution in [3.63, 3.8) is 0 Å². The molecule has 3 rings (SSSR count). The second kappa shape index (κ2) is 9.03. The summed E-state index contributed by atoms with van der Waals surface area (Å²) in [5, 5.41) is 15.0. The Labute approximate surface area is 171 Å². The van der Waals surface area contributed by atoms with Gasteiger partial charge in [-0.2, -0.15) is 0 Å². The Bertz CT molecular complexity index is 616. The molecule has 3 heterocycles. The number of hydrogen-bond donors (Lipinski definition) is 3. The van der Waals surface area contributed by atoms with Gasteiger partial charge in [0.05, 0.1) is 16.6 Å². The summed E-state index contributed by atoms with van der Waals surface area (Å²) in [6.07, 6.45) is 6.01. The highest BCUT2D eigenvalue weighted by atomic mass is 32.2. The summed E-state index contributed by atoms with van der Waals surface area (Å²) < 4.78 is -0.493. The average Bonchev–Trinajstić information content (AvgIpc) is 3.32. The molecule has 0 aromatic rings. The normalized spacial score (nSPS) is 33.2. The van der Waals surface area contributed by atoms with Crippen molar-refractivity contribution in [1.29, 1.82) is 0 Å². The van der Waals surface area contributed by atoms with Gasteiger partial charge in [-0.3, -0.25) is 14.4 Å². The summed E-state index contributed by atoms with van der Waals surface area (Å²) in [4.78, 5) is 40.8. The summed E-state index contributed by atoms with van der Waals surface area (Å²) in [5.41, 5.74) is 0. The highest BCUT2D eigenvalue weighted by molar-refractivity contribution is 8.02. The van der Waals surface area contributed by atoms with Gasteiger partial charge in [0.25, 0.3) is 0 Å². The minimum absolute atomic E-state index is 0.0602. The molecule has 158 valence electrons. The van der Waals surface area contributed by atoms with Crippen molar-refractivity contribution in [2.45, 2.75) is 67.9 Å². The Balaban J connectivity index is 1.84. The third kappa shape index (κ3) is 3.54. The average molecular weight is 412 g/mol. The van der Waals surface area contributed by atoms with Crippen LogP contribution in [0.15, 0.2) is 0 Å². The molecule has 3 aliphatic heterocycles. The minimum atomic E-state index is -0.519. The molecule has 8 heteroatoms. The lowest BCUT2D eigenvalue weighted by molar-refractivity contribution is -0.140. The van der Waals surface area contributed by atoms with Gasteiger partial charge in [0.15, 0.2) is 0 Å². The second-order valence-corrected chi connectivity index (χ2v) is 9.73. The van der Waals surface area contributed by atoms with Gasteiger partial charge < -0.3 is 20.6 Å². The zero-order valence-corrected chi connectivity index (χ0v) is 17.7. The van der Waals surface area contributed by atoms with E-state index in [-0.39, 0.29) is 35.5 Å². The van der Waals surface area contributed by atoms with Crippen LogP contribution in [0.3, 0.4) is 0 Å². The SMILES string of the molecule is CCCCCNC(=O)C1N(CCCCO)C(=O)[C@@H]2[C@H](C(=O)NC)[C@@H]3CCC12S3. The molecule has 5 atom stereocenters. The molecule has 0 aliphatic carbocycles. The molecular formula is C20H33N3O4S. The number of likely N-dealkylation sites (tertiary alicyclic amines) is 1. The molecule has 7 nitrogen and oxygen atoms in total. The van der Waals surface area contributed by atoms with Gasteiger partial charge in [0, 0.05) is 32.0 Å². The van der Waals surface area contributed by atoms with E-state index in [1.54, 1.807) is 23.7 Å². The molecule has 0 aromatic heterocycles. The van der Waals surface area contributed by atoms with E-state index >= 15 is 0 Å². The summed E-state index contributed by atoms with van der Waals surface area (Å²) in [6.45, 7) is 3.27. The fourth-order valence-corrected chi connectivity index (χ4v) is 7.46. The van der Waals surface area contributed by atoms with Gasteiger partial charge in [0.1, 0.15) is 6.04 Å². The molecule has 3 N–H and O–H groups in total. The molecular weight excluding hydrogens is 378 g/mol. The van der Waals surface area contributed by atoms with E-state index in [2.05, 4.69) is 17.6 Å². The number of aliphatic hydroxyl groups is 1. The number of hydrogen-bond acceptors (Lipinski definition) is 5. The third-order valence-electron chi connectivity index (χ3n) is 6.48. The monoisotopic (exact) mass is 411 g/mol. The van der Waals surface area contributed by atoms with Gasteiger partial charge in [-0.05, 0) is 32.1 Å². The number of rotatable bonds is 10. The third-order valence-corrected chi connectivity index (χ3v) is 8.44. The summed E-state index contributed by atoms with van der Waals surface area (Å²) >= 11 is 1.69. The zero-order chi connectivity index (χ0) is 20.3. The predicted octanol–water partition coefficient (Wildman–Crippen LogP) is 0.903. The van der Waals surface area contributed by atoms with Crippen molar-refractivity contribution in [2.24, 2.45) is 11.8 Å². The Hall–Kier alpha value is -1.28. The van der Waals surface area contributed by atoms with E-state index in [0.717, 1.165) is 32.1 Å². The van der Waals surface area contributed by atoms with Crippen molar-refractivity contribution in [2.75, 3.05) is 26.7 Å². The molecule has 2 bridgehead atoms. The number of nitrogens with zero attached hydrogens (tertiary/aromatic N) is 1. The van der Waals surface area contributed by atoms with E-state index in [1.165, 1.54) is 0 Å². The van der Waals surface area contributed by atoms with Gasteiger partial charge >= 0.3 is 0 Å². The van der Waals surface area contributed by atoms with Crippen molar-refractivity contribution in [1.82, 2.24) is 15.5 Å². The van der Waals surface area contributed by atoms with Crippen LogP contribution in [0.5, 0.6) is 0 Å². The molecule has 1 spiro atoms. The van der Waals surface area contributed by atoms with E-state index in [9.17, 15) is 14.4 Å². The maximum atomic E-state index is 13.4. The highest BCUT2D eigenvalue weighted by Crippen LogP contribution is 2.66. The van der Waals surface area contributed by atoms with Crippen LogP contribution in [-0.2, 0) is 14.4 Å². The lowest BCUT2D eigenvalue weighted by atomic mass is 9.71. The number of fused-ring (bicyclic) bond motifs is 1. The summed E-state index contributed by atoms with van der Waals surface area (Å²) in [6, 6.07) is -0.519. The van der Waals surface area contributed by atoms with Crippen LogP contribution in [0.4, 0.5) is 0 Å². The molecule has 0 radical (unpaired) electrons. The molecule has 3 fully saturated rings. The lowest BCUT2D eigenvalue weighted by Gasteiger charge is -2.34. The van der Waals surface area contributed by atoms with E-state index in [0.29, 0.717) is 25.9 Å². The van der Waals surface area contributed by atoms with Crippen LogP contribution in [0.2, 0.25) is 0 Å². The van der Waals surface area contributed by atoms with Crippen LogP contribution in [0, 0.1) is 11.8 Å². The first kappa shape index (κ1) is 21.4. The Kier molecular flexibility index (Phi) is 6.91. The lowest BCUT2D eigenvalue weighted by Crippen LogP contribution is -2.53. The topological polar surface area (TPSA) is 98.7 Å². The van der Waals surface area contributed by atoms with Crippen molar-refractivity contribution in [3.8, 4) is 0 Å². The number of thioether (sulfide) groups is 1. The molecule has 0 saturated carbocycles. The molecule has 3 saturated heterocycles. The first-order chi connectivity index (χ1) is 13.5. The maximum Gasteiger partial charge on any atom is 0.244 e. The molecule has 3 aliphatic rings. The predicted molar refractivity (Wildman–Crippen MR) is 109 cm³/mol. The van der Waals surface area contributed by atoms with Gasteiger partial charge in [-0.1, -0.05) is 19.8 Å². The number of carbonyl (C=O) groups excluding carboxylic acids is 3. The van der Waals surface area contributed by atoms with Crippen LogP contribution >= 0.6 is 11.8 Å². The second-order valence-electron chi connectivity index (χ2n) is 8.13. The van der Waals surface area contributed by atoms with Crippen molar-refractivity contribution in [3.05, 3.63) is 0 Å². The molecule has 0 aromatic carbocycles. The zero-order valence-electron chi connectivity index (χ0n) is 16.9. The van der Waals surface area contributed by atoms with E-state index in [4.69, 9.17) is 5.11 Å². The number of aliphatic hydroxyl groups excluding tert-OH is 1. The van der Waals surface area contributed by atoms with Gasteiger partial charge in [0.2, 0.25) is 17.7 Å². The Morgan fingerprint density at radius 3 is 2.71 bits per heavy atom. The summed E-state index contributed by atoms with van der Waals surface area (Å²) in [5.74, 6) is -1.00. The standard InChI is InChI=1S/C20H33N3O4S/c1-3-4-5-10-22-18(26)16-20-9-8-13(28-20)14(17(25)21-2)15(20)19(27)23(16)11-6-7-12-24/h13-16,24H,3-12H2,1-2H3,(H,21,25)(H,22,26)/t13-,14+,15-,16?,20?/m0/s1. The molecule has 28 heavy (non-hydrogen) atoms. The van der Waals surface area contributed by atoms with Gasteiger partial charge in [-0.25, -0.2) is 0 Å². The first-order valence-electron chi connectivity index (χ1n) is 10.6. The maximum absolute atomic E-state index is 13.4. The van der Waals surface area contributed by atoms with Gasteiger partial charge in [-0.15, -0.1) is 11.8 Å². The van der Waals surface area contributed by atoms with Crippen LogP contribution in [-0.4, -0.2) is 70.5 Å². The first-order valence-corrected chi connectivity index (χ1v) is 11.5. The van der Waals surface area contributed by atoms with Crippen LogP contribution in [0.1, 0.15) is 51.9 Å². The number of amides is 3. The Morgan fingerprint density at radius 2 is 2.04 bits per heavy atom. The smallest absolute Gasteiger partial charge is 0.244 e. The number of nitrogens with one attached hydrogen (secondary N) is 2. The fraction of sp³-hybridized carbons (Fsp3) is 0.850. The quantitative estimate of drug-likeness (QED) is 0.464. The number of carbonyl (C=O) groups is 3. The van der Waals surface area contributed by atoms with E-state index in [1.807, 2.05) is 0 Å². The fourth-order valence-electron chi connectivity index (χ4n) is 5.24. The number of unbranched alkanes of at least 4 members (excludes halogenated alkanes) is 3. The minimum Gasteiger partial charge on any atom is -0.396 e. The largest absolute Gasteiger partial charge is 0.396 e. The van der Waals surface area contributed by atoms with Crippen LogP contribution < -0.4 is 10.6 Å². The molecule has 2 unspecified atom stereocenters. The Morgan fingerprint density at radius 1 is 1.25 bits per heavy atom. The van der Waals surface area contributed by atoms with E-state index < -0.39 is 16.7 Å². The van der Waals surface area contributed by atoms with Crippen molar-refractivity contribution < 1.29 is 19.5 Å². The van der Waals surface area contributed by atoms with Crippen molar-refractivity contribution >= 4 is 29.5 Å².